The molecule has 1 aromatic rings. The number of hydrogen-bond acceptors (Lipinski definition) is 2. The predicted molar refractivity (Wildman–Crippen MR) is 64.4 cm³/mol. The summed E-state index contributed by atoms with van der Waals surface area (Å²) in [7, 11) is 0. The van der Waals surface area contributed by atoms with Crippen molar-refractivity contribution in [3.05, 3.63) is 35.6 Å². The first kappa shape index (κ1) is 14.2. The van der Waals surface area contributed by atoms with Gasteiger partial charge >= 0.3 is 5.97 Å². The molecule has 0 aromatic heterocycles. The van der Waals surface area contributed by atoms with Gasteiger partial charge in [-0.3, -0.25) is 9.59 Å². The predicted octanol–water partition coefficient (Wildman–Crippen LogP) is 2.09. The Morgan fingerprint density at radius 2 is 1.72 bits per heavy atom. The first-order valence-corrected chi connectivity index (χ1v) is 5.81. The fourth-order valence-corrected chi connectivity index (χ4v) is 1.45. The molecule has 0 fully saturated rings. The highest BCUT2D eigenvalue weighted by Gasteiger charge is 2.03. The van der Waals surface area contributed by atoms with Crippen molar-refractivity contribution in [1.82, 2.24) is 5.32 Å². The van der Waals surface area contributed by atoms with Gasteiger partial charge < -0.3 is 10.4 Å². The largest absolute Gasteiger partial charge is 0.481 e. The topological polar surface area (TPSA) is 66.4 Å². The molecule has 0 unspecified atom stereocenters. The second-order valence-corrected chi connectivity index (χ2v) is 4.00. The fourth-order valence-electron chi connectivity index (χ4n) is 1.45. The summed E-state index contributed by atoms with van der Waals surface area (Å²) in [5.41, 5.74) is 0.829. The van der Waals surface area contributed by atoms with Crippen molar-refractivity contribution in [3.63, 3.8) is 0 Å². The third-order valence-electron chi connectivity index (χ3n) is 2.45. The van der Waals surface area contributed by atoms with E-state index in [-0.39, 0.29) is 18.1 Å². The third-order valence-corrected chi connectivity index (χ3v) is 2.45. The van der Waals surface area contributed by atoms with Crippen molar-refractivity contribution in [1.29, 1.82) is 0 Å². The number of carbonyl (C=O) groups excluding carboxylic acids is 1. The summed E-state index contributed by atoms with van der Waals surface area (Å²) < 4.78 is 12.6. The molecule has 1 rings (SSSR count). The van der Waals surface area contributed by atoms with E-state index in [1.165, 1.54) is 12.1 Å². The number of aliphatic carboxylic acids is 1. The zero-order chi connectivity index (χ0) is 13.4. The standard InChI is InChI=1S/C13H16FNO3/c14-11-7-5-10(6-8-11)9-15-12(16)3-1-2-4-13(17)18/h5-8H,1-4,9H2,(H,15,16)(H,17,18). The van der Waals surface area contributed by atoms with Crippen LogP contribution in [0.1, 0.15) is 31.2 Å². The van der Waals surface area contributed by atoms with Crippen LogP contribution in [0.15, 0.2) is 24.3 Å². The van der Waals surface area contributed by atoms with Gasteiger partial charge in [0, 0.05) is 19.4 Å². The van der Waals surface area contributed by atoms with Crippen LogP contribution in [0.5, 0.6) is 0 Å². The molecule has 0 aliphatic carbocycles. The minimum absolute atomic E-state index is 0.0885. The Hall–Kier alpha value is -1.91. The Labute approximate surface area is 105 Å². The highest BCUT2D eigenvalue weighted by molar-refractivity contribution is 5.75. The van der Waals surface area contributed by atoms with E-state index >= 15 is 0 Å². The number of amides is 1. The van der Waals surface area contributed by atoms with Crippen molar-refractivity contribution in [2.75, 3.05) is 0 Å². The molecule has 98 valence electrons. The summed E-state index contributed by atoms with van der Waals surface area (Å²) in [6, 6.07) is 5.91. The van der Waals surface area contributed by atoms with E-state index in [1.807, 2.05) is 0 Å². The minimum atomic E-state index is -0.846. The summed E-state index contributed by atoms with van der Waals surface area (Å²) in [6.45, 7) is 0.359. The van der Waals surface area contributed by atoms with Crippen molar-refractivity contribution >= 4 is 11.9 Å². The van der Waals surface area contributed by atoms with Gasteiger partial charge in [0.15, 0.2) is 0 Å². The number of nitrogens with one attached hydrogen (secondary N) is 1. The van der Waals surface area contributed by atoms with Gasteiger partial charge in [0.25, 0.3) is 0 Å². The Balaban J connectivity index is 2.17. The first-order valence-electron chi connectivity index (χ1n) is 5.81. The van der Waals surface area contributed by atoms with E-state index in [9.17, 15) is 14.0 Å². The SMILES string of the molecule is O=C(O)CCCCC(=O)NCc1ccc(F)cc1. The average molecular weight is 253 g/mol. The quantitative estimate of drug-likeness (QED) is 0.731. The molecule has 1 amide bonds. The van der Waals surface area contributed by atoms with Crippen LogP contribution in [0.3, 0.4) is 0 Å². The zero-order valence-electron chi connectivity index (χ0n) is 9.99. The van der Waals surface area contributed by atoms with Crippen LogP contribution >= 0.6 is 0 Å². The molecule has 5 heteroatoms. The molecule has 0 aliphatic heterocycles. The van der Waals surface area contributed by atoms with Crippen LogP contribution in [0.4, 0.5) is 4.39 Å². The van der Waals surface area contributed by atoms with E-state index < -0.39 is 5.97 Å². The van der Waals surface area contributed by atoms with Gasteiger partial charge in [0.2, 0.25) is 5.91 Å². The average Bonchev–Trinajstić information content (AvgIpc) is 2.34. The third kappa shape index (κ3) is 5.98. The van der Waals surface area contributed by atoms with Gasteiger partial charge in [-0.2, -0.15) is 0 Å². The molecule has 0 spiro atoms. The zero-order valence-corrected chi connectivity index (χ0v) is 9.99. The maximum atomic E-state index is 12.6. The number of carboxylic acids is 1. The maximum absolute atomic E-state index is 12.6. The molecule has 2 N–H and O–H groups in total. The van der Waals surface area contributed by atoms with Crippen LogP contribution in [0.2, 0.25) is 0 Å². The normalized spacial score (nSPS) is 10.1. The molecule has 0 bridgehead atoms. The second kappa shape index (κ2) is 7.42. The Morgan fingerprint density at radius 3 is 2.33 bits per heavy atom. The molecule has 1 aromatic carbocycles. The van der Waals surface area contributed by atoms with Gasteiger partial charge in [-0.1, -0.05) is 12.1 Å². The van der Waals surface area contributed by atoms with Gasteiger partial charge in [0.05, 0.1) is 0 Å². The summed E-state index contributed by atoms with van der Waals surface area (Å²) in [5.74, 6) is -1.27. The molecule has 0 atom stereocenters. The van der Waals surface area contributed by atoms with Gasteiger partial charge in [-0.15, -0.1) is 0 Å². The van der Waals surface area contributed by atoms with Crippen LogP contribution in [0, 0.1) is 5.82 Å². The van der Waals surface area contributed by atoms with Crippen LogP contribution < -0.4 is 5.32 Å². The van der Waals surface area contributed by atoms with E-state index in [4.69, 9.17) is 5.11 Å². The molecule has 0 saturated carbocycles. The monoisotopic (exact) mass is 253 g/mol. The van der Waals surface area contributed by atoms with Gasteiger partial charge in [-0.05, 0) is 30.5 Å². The lowest BCUT2D eigenvalue weighted by molar-refractivity contribution is -0.137. The number of unbranched alkanes of at least 4 members (excludes halogenated alkanes) is 1. The molecular formula is C13H16FNO3. The van der Waals surface area contributed by atoms with E-state index in [0.29, 0.717) is 25.8 Å². The Morgan fingerprint density at radius 1 is 1.11 bits per heavy atom. The van der Waals surface area contributed by atoms with Crippen LogP contribution in [0.25, 0.3) is 0 Å². The maximum Gasteiger partial charge on any atom is 0.303 e. The summed E-state index contributed by atoms with van der Waals surface area (Å²) in [6.07, 6.45) is 1.46. The van der Waals surface area contributed by atoms with Crippen LogP contribution in [-0.2, 0) is 16.1 Å². The highest BCUT2D eigenvalue weighted by atomic mass is 19.1. The number of hydrogen-bond donors (Lipinski definition) is 2. The highest BCUT2D eigenvalue weighted by Crippen LogP contribution is 2.03. The van der Waals surface area contributed by atoms with Crippen molar-refractivity contribution in [2.24, 2.45) is 0 Å². The molecular weight excluding hydrogens is 237 g/mol. The number of carbonyl (C=O) groups is 2. The minimum Gasteiger partial charge on any atom is -0.481 e. The van der Waals surface area contributed by atoms with Crippen molar-refractivity contribution in [3.8, 4) is 0 Å². The second-order valence-electron chi connectivity index (χ2n) is 4.00. The lowest BCUT2D eigenvalue weighted by Crippen LogP contribution is -2.22. The molecule has 0 aliphatic rings. The molecule has 0 saturated heterocycles. The fraction of sp³-hybridized carbons (Fsp3) is 0.385. The number of halogens is 1. The summed E-state index contributed by atoms with van der Waals surface area (Å²) in [4.78, 5) is 21.6. The smallest absolute Gasteiger partial charge is 0.303 e. The number of carboxylic acid groups (broad SMARTS) is 1. The van der Waals surface area contributed by atoms with Crippen LogP contribution in [-0.4, -0.2) is 17.0 Å². The van der Waals surface area contributed by atoms with Crippen molar-refractivity contribution < 1.29 is 19.1 Å². The molecule has 0 radical (unpaired) electrons. The van der Waals surface area contributed by atoms with Crippen molar-refractivity contribution in [2.45, 2.75) is 32.2 Å². The summed E-state index contributed by atoms with van der Waals surface area (Å²) >= 11 is 0. The van der Waals surface area contributed by atoms with Gasteiger partial charge in [-0.25, -0.2) is 4.39 Å². The Kier molecular flexibility index (Phi) is 5.84. The van der Waals surface area contributed by atoms with E-state index in [2.05, 4.69) is 5.32 Å². The number of rotatable bonds is 7. The molecule has 18 heavy (non-hydrogen) atoms. The lowest BCUT2D eigenvalue weighted by atomic mass is 10.2. The molecule has 0 heterocycles. The lowest BCUT2D eigenvalue weighted by Gasteiger charge is -2.05. The Bertz CT molecular complexity index is 403. The molecule has 4 nitrogen and oxygen atoms in total. The van der Waals surface area contributed by atoms with Gasteiger partial charge in [0.1, 0.15) is 5.82 Å². The summed E-state index contributed by atoms with van der Waals surface area (Å²) in [5, 5.41) is 11.1. The van der Waals surface area contributed by atoms with E-state index in [0.717, 1.165) is 5.56 Å². The van der Waals surface area contributed by atoms with E-state index in [1.54, 1.807) is 12.1 Å². The first-order chi connectivity index (χ1) is 8.58. The number of benzene rings is 1.